The summed E-state index contributed by atoms with van der Waals surface area (Å²) in [6.45, 7) is 3.64. The summed E-state index contributed by atoms with van der Waals surface area (Å²) in [5.74, 6) is 0.458. The molecule has 4 aliphatic rings. The van der Waals surface area contributed by atoms with Crippen molar-refractivity contribution < 1.29 is 19.4 Å². The summed E-state index contributed by atoms with van der Waals surface area (Å²) < 4.78 is 10.6. The zero-order chi connectivity index (χ0) is 19.7. The van der Waals surface area contributed by atoms with Gasteiger partial charge in [0.2, 0.25) is 0 Å². The molecule has 0 saturated carbocycles. The first-order chi connectivity index (χ1) is 13.5. The average Bonchev–Trinajstić information content (AvgIpc) is 3.26. The molecule has 1 unspecified atom stereocenters. The summed E-state index contributed by atoms with van der Waals surface area (Å²) in [5, 5.41) is 14.5. The highest BCUT2D eigenvalue weighted by atomic mass is 16.5. The molecule has 0 amide bonds. The van der Waals surface area contributed by atoms with Crippen molar-refractivity contribution in [2.75, 3.05) is 32.6 Å². The van der Waals surface area contributed by atoms with Crippen LogP contribution in [0.3, 0.4) is 0 Å². The first kappa shape index (κ1) is 17.8. The minimum Gasteiger partial charge on any atom is -0.497 e. The van der Waals surface area contributed by atoms with Crippen molar-refractivity contribution in [2.45, 2.75) is 37.3 Å². The second-order valence-corrected chi connectivity index (χ2v) is 8.37. The molecule has 1 spiro atoms. The Morgan fingerprint density at radius 1 is 1.39 bits per heavy atom. The van der Waals surface area contributed by atoms with Crippen molar-refractivity contribution >= 4 is 11.7 Å². The summed E-state index contributed by atoms with van der Waals surface area (Å²) in [5.41, 5.74) is 2.87. The van der Waals surface area contributed by atoms with Crippen LogP contribution in [0.5, 0.6) is 5.75 Å². The van der Waals surface area contributed by atoms with Gasteiger partial charge in [-0.05, 0) is 31.4 Å². The highest BCUT2D eigenvalue weighted by Gasteiger charge is 2.67. The molecule has 4 atom stereocenters. The van der Waals surface area contributed by atoms with Crippen LogP contribution < -0.4 is 10.1 Å². The van der Waals surface area contributed by atoms with Gasteiger partial charge in [0, 0.05) is 42.0 Å². The number of hydrogen-bond donors (Lipinski definition) is 2. The molecule has 5 rings (SSSR count). The van der Waals surface area contributed by atoms with Crippen LogP contribution in [0.4, 0.5) is 5.69 Å². The van der Waals surface area contributed by atoms with Crippen LogP contribution >= 0.6 is 0 Å². The fraction of sp³-hybridized carbons (Fsp3) is 0.500. The summed E-state index contributed by atoms with van der Waals surface area (Å²) in [4.78, 5) is 15.3. The number of rotatable bonds is 3. The maximum Gasteiger partial charge on any atom is 0.335 e. The van der Waals surface area contributed by atoms with Crippen LogP contribution in [0.15, 0.2) is 41.6 Å². The van der Waals surface area contributed by atoms with E-state index < -0.39 is 11.5 Å². The third kappa shape index (κ3) is 1.97. The van der Waals surface area contributed by atoms with Crippen LogP contribution in [0.1, 0.15) is 25.3 Å². The second-order valence-electron chi connectivity index (χ2n) is 8.37. The van der Waals surface area contributed by atoms with E-state index in [4.69, 9.17) is 9.47 Å². The molecule has 6 heteroatoms. The number of ether oxygens (including phenoxy) is 2. The Morgan fingerprint density at radius 2 is 2.21 bits per heavy atom. The van der Waals surface area contributed by atoms with E-state index in [9.17, 15) is 9.90 Å². The normalized spacial score (nSPS) is 33.6. The predicted molar refractivity (Wildman–Crippen MR) is 105 cm³/mol. The molecule has 1 aromatic carbocycles. The number of esters is 1. The number of anilines is 1. The third-order valence-corrected chi connectivity index (χ3v) is 7.31. The van der Waals surface area contributed by atoms with E-state index >= 15 is 0 Å². The number of aliphatic hydroxyl groups is 1. The van der Waals surface area contributed by atoms with Gasteiger partial charge in [-0.15, -0.1) is 0 Å². The molecule has 6 nitrogen and oxygen atoms in total. The molecule has 2 N–H and O–H groups in total. The fourth-order valence-electron chi connectivity index (χ4n) is 6.17. The van der Waals surface area contributed by atoms with E-state index in [1.807, 2.05) is 19.1 Å². The Balaban J connectivity index is 1.82. The lowest BCUT2D eigenvalue weighted by atomic mass is 9.54. The zero-order valence-electron chi connectivity index (χ0n) is 16.5. The van der Waals surface area contributed by atoms with Gasteiger partial charge < -0.3 is 19.9 Å². The van der Waals surface area contributed by atoms with Gasteiger partial charge in [-0.2, -0.15) is 0 Å². The van der Waals surface area contributed by atoms with Crippen molar-refractivity contribution in [3.8, 4) is 5.75 Å². The fourth-order valence-corrected chi connectivity index (χ4v) is 6.17. The number of carbonyl (C=O) groups excluding carboxylic acids is 1. The molecule has 3 aliphatic heterocycles. The number of carbonyl (C=O) groups is 1. The van der Waals surface area contributed by atoms with Gasteiger partial charge in [-0.25, -0.2) is 4.79 Å². The van der Waals surface area contributed by atoms with Crippen molar-refractivity contribution in [1.82, 2.24) is 4.90 Å². The van der Waals surface area contributed by atoms with E-state index in [2.05, 4.69) is 28.4 Å². The molecular formula is C22H26N2O4. The minimum absolute atomic E-state index is 0.0931. The SMILES string of the molecule is COC(=O)C1=C2Nc3cc(OC)ccc3[C@@]23CCN2CC=CC([C@@H](C)O)(C1)[C@H]23. The van der Waals surface area contributed by atoms with Gasteiger partial charge >= 0.3 is 5.97 Å². The predicted octanol–water partition coefficient (Wildman–Crippen LogP) is 2.20. The van der Waals surface area contributed by atoms with Crippen molar-refractivity contribution in [2.24, 2.45) is 5.41 Å². The smallest absolute Gasteiger partial charge is 0.335 e. The summed E-state index contributed by atoms with van der Waals surface area (Å²) >= 11 is 0. The lowest BCUT2D eigenvalue weighted by molar-refractivity contribution is -0.137. The maximum absolute atomic E-state index is 12.8. The highest BCUT2D eigenvalue weighted by Crippen LogP contribution is 2.64. The number of nitrogens with zero attached hydrogens (tertiary/aromatic N) is 1. The molecule has 1 aromatic rings. The molecule has 148 valence electrons. The van der Waals surface area contributed by atoms with Gasteiger partial charge in [0.1, 0.15) is 5.75 Å². The largest absolute Gasteiger partial charge is 0.497 e. The lowest BCUT2D eigenvalue weighted by Gasteiger charge is -2.55. The van der Waals surface area contributed by atoms with Crippen molar-refractivity contribution in [1.29, 1.82) is 0 Å². The number of nitrogens with one attached hydrogen (secondary N) is 1. The second kappa shape index (κ2) is 5.84. The van der Waals surface area contributed by atoms with Gasteiger partial charge in [-0.1, -0.05) is 18.2 Å². The number of fused-ring (bicyclic) bond motifs is 1. The molecule has 0 radical (unpaired) electrons. The topological polar surface area (TPSA) is 71.0 Å². The van der Waals surface area contributed by atoms with Crippen LogP contribution in [-0.2, 0) is 14.9 Å². The minimum atomic E-state index is -0.588. The van der Waals surface area contributed by atoms with E-state index in [0.717, 1.165) is 36.6 Å². The Morgan fingerprint density at radius 3 is 2.93 bits per heavy atom. The number of hydrogen-bond acceptors (Lipinski definition) is 6. The van der Waals surface area contributed by atoms with Crippen molar-refractivity contribution in [3.05, 3.63) is 47.2 Å². The van der Waals surface area contributed by atoms with Crippen LogP contribution in [-0.4, -0.2) is 55.4 Å². The van der Waals surface area contributed by atoms with Crippen LogP contribution in [0.25, 0.3) is 0 Å². The number of methoxy groups -OCH3 is 2. The number of benzene rings is 1. The van der Waals surface area contributed by atoms with E-state index in [1.165, 1.54) is 12.7 Å². The maximum atomic E-state index is 12.8. The first-order valence-electron chi connectivity index (χ1n) is 9.85. The third-order valence-electron chi connectivity index (χ3n) is 7.31. The van der Waals surface area contributed by atoms with E-state index in [0.29, 0.717) is 12.0 Å². The molecule has 0 aromatic heterocycles. The van der Waals surface area contributed by atoms with Gasteiger partial charge in [0.05, 0.1) is 31.3 Å². The highest BCUT2D eigenvalue weighted by molar-refractivity contribution is 5.93. The summed E-state index contributed by atoms with van der Waals surface area (Å²) in [6.07, 6.45) is 5.06. The number of aliphatic hydroxyl groups excluding tert-OH is 1. The molecular weight excluding hydrogens is 356 g/mol. The van der Waals surface area contributed by atoms with Gasteiger partial charge in [-0.3, -0.25) is 4.90 Å². The van der Waals surface area contributed by atoms with Crippen molar-refractivity contribution in [3.63, 3.8) is 0 Å². The average molecular weight is 382 g/mol. The molecule has 1 aliphatic carbocycles. The molecule has 1 fully saturated rings. The summed E-state index contributed by atoms with van der Waals surface area (Å²) in [6, 6.07) is 6.19. The Labute approximate surface area is 164 Å². The van der Waals surface area contributed by atoms with Gasteiger partial charge in [0.25, 0.3) is 0 Å². The quantitative estimate of drug-likeness (QED) is 0.617. The summed E-state index contributed by atoms with van der Waals surface area (Å²) in [7, 11) is 3.08. The van der Waals surface area contributed by atoms with Crippen LogP contribution in [0, 0.1) is 5.41 Å². The Bertz CT molecular complexity index is 921. The molecule has 1 saturated heterocycles. The van der Waals surface area contributed by atoms with E-state index in [1.54, 1.807) is 7.11 Å². The van der Waals surface area contributed by atoms with Gasteiger partial charge in [0.15, 0.2) is 0 Å². The molecule has 28 heavy (non-hydrogen) atoms. The molecule has 0 bridgehead atoms. The first-order valence-corrected chi connectivity index (χ1v) is 9.85. The Kier molecular flexibility index (Phi) is 3.71. The Hall–Kier alpha value is -2.31. The molecule has 3 heterocycles. The van der Waals surface area contributed by atoms with Crippen LogP contribution in [0.2, 0.25) is 0 Å². The lowest BCUT2D eigenvalue weighted by Crippen LogP contribution is -2.62. The zero-order valence-corrected chi connectivity index (χ0v) is 16.5. The standard InChI is InChI=1S/C22H26N2O4/c1-13(25)21-7-4-9-24-10-8-22(20(21)24)16-6-5-14(27-2)11-17(16)23-18(22)15(12-21)19(26)28-3/h4-7,11,13,20,23,25H,8-10,12H2,1-3H3/t13-,20+,21?,22+/m1/s1. The monoisotopic (exact) mass is 382 g/mol. The van der Waals surface area contributed by atoms with E-state index in [-0.39, 0.29) is 17.4 Å².